The molecule has 2 nitrogen and oxygen atoms in total. The van der Waals surface area contributed by atoms with Crippen molar-refractivity contribution in [1.29, 1.82) is 0 Å². The molecule has 0 saturated heterocycles. The Morgan fingerprint density at radius 2 is 2.28 bits per heavy atom. The second-order valence-corrected chi connectivity index (χ2v) is 5.45. The highest BCUT2D eigenvalue weighted by molar-refractivity contribution is 9.10. The number of terminal acetylenes is 1. The molecule has 1 aromatic carbocycles. The number of benzene rings is 1. The molecule has 0 amide bonds. The average molecular weight is 330 g/mol. The van der Waals surface area contributed by atoms with Gasteiger partial charge in [0.2, 0.25) is 0 Å². The number of hydrogen-bond acceptors (Lipinski definition) is 2. The molecule has 1 aromatic rings. The quantitative estimate of drug-likeness (QED) is 0.784. The van der Waals surface area contributed by atoms with E-state index in [4.69, 9.17) is 23.8 Å². The van der Waals surface area contributed by atoms with Gasteiger partial charge in [0.25, 0.3) is 0 Å². The summed E-state index contributed by atoms with van der Waals surface area (Å²) in [4.78, 5) is 0. The normalized spacial score (nSPS) is 13.9. The summed E-state index contributed by atoms with van der Waals surface area (Å²) in [5.41, 5.74) is 6.79. The molecular formula is C14H18BrClN2. The van der Waals surface area contributed by atoms with Gasteiger partial charge >= 0.3 is 0 Å². The van der Waals surface area contributed by atoms with Crippen LogP contribution in [0.2, 0.25) is 5.02 Å². The maximum absolute atomic E-state index is 6.21. The molecule has 3 N–H and O–H groups in total. The molecule has 2 atom stereocenters. The molecule has 4 heteroatoms. The number of hydrogen-bond donors (Lipinski definition) is 2. The number of nitrogens with two attached hydrogens (primary N) is 1. The first kappa shape index (κ1) is 15.5. The zero-order valence-electron chi connectivity index (χ0n) is 10.4. The van der Waals surface area contributed by atoms with Crippen LogP contribution in [0, 0.1) is 12.3 Å². The maximum Gasteiger partial charge on any atom is 0.0692 e. The van der Waals surface area contributed by atoms with Gasteiger partial charge in [-0.15, -0.1) is 6.42 Å². The summed E-state index contributed by atoms with van der Waals surface area (Å²) in [7, 11) is 0. The first-order chi connectivity index (χ1) is 8.62. The van der Waals surface area contributed by atoms with E-state index >= 15 is 0 Å². The molecule has 0 radical (unpaired) electrons. The fourth-order valence-electron chi connectivity index (χ4n) is 1.81. The van der Waals surface area contributed by atoms with Gasteiger partial charge in [0.1, 0.15) is 0 Å². The Labute approximate surface area is 122 Å². The largest absolute Gasteiger partial charge is 0.329 e. The van der Waals surface area contributed by atoms with Gasteiger partial charge in [-0.05, 0) is 30.2 Å². The lowest BCUT2D eigenvalue weighted by Crippen LogP contribution is -2.36. The van der Waals surface area contributed by atoms with Crippen LogP contribution in [0.5, 0.6) is 0 Å². The summed E-state index contributed by atoms with van der Waals surface area (Å²) in [6.07, 6.45) is 7.47. The Morgan fingerprint density at radius 3 is 2.83 bits per heavy atom. The van der Waals surface area contributed by atoms with Gasteiger partial charge in [-0.2, -0.15) is 0 Å². The molecule has 0 heterocycles. The third-order valence-corrected chi connectivity index (χ3v) is 3.59. The highest BCUT2D eigenvalue weighted by Crippen LogP contribution is 2.26. The van der Waals surface area contributed by atoms with Crippen LogP contribution in [0.4, 0.5) is 0 Å². The monoisotopic (exact) mass is 328 g/mol. The molecule has 98 valence electrons. The summed E-state index contributed by atoms with van der Waals surface area (Å²) < 4.78 is 0.981. The van der Waals surface area contributed by atoms with Gasteiger partial charge in [-0.25, -0.2) is 0 Å². The smallest absolute Gasteiger partial charge is 0.0692 e. The Bertz CT molecular complexity index is 428. The Hall–Kier alpha value is -0.530. The van der Waals surface area contributed by atoms with Crippen molar-refractivity contribution in [3.63, 3.8) is 0 Å². The van der Waals surface area contributed by atoms with Crippen molar-refractivity contribution in [3.8, 4) is 12.3 Å². The predicted octanol–water partition coefficient (Wildman–Crippen LogP) is 3.49. The summed E-state index contributed by atoms with van der Waals surface area (Å²) in [6.45, 7) is 2.56. The molecular weight excluding hydrogens is 312 g/mol. The Kier molecular flexibility index (Phi) is 6.73. The van der Waals surface area contributed by atoms with Gasteiger partial charge in [0.15, 0.2) is 0 Å². The van der Waals surface area contributed by atoms with Crippen molar-refractivity contribution in [1.82, 2.24) is 5.32 Å². The molecule has 0 aliphatic carbocycles. The Balaban J connectivity index is 2.89. The summed E-state index contributed by atoms with van der Waals surface area (Å²) in [6, 6.07) is 5.74. The predicted molar refractivity (Wildman–Crippen MR) is 81.6 cm³/mol. The van der Waals surface area contributed by atoms with Crippen LogP contribution in [0.1, 0.15) is 31.4 Å². The Morgan fingerprint density at radius 1 is 1.56 bits per heavy atom. The lowest BCUT2D eigenvalue weighted by atomic mass is 10.0. The van der Waals surface area contributed by atoms with E-state index in [1.165, 1.54) is 0 Å². The van der Waals surface area contributed by atoms with Crippen LogP contribution in [-0.4, -0.2) is 12.6 Å². The van der Waals surface area contributed by atoms with Gasteiger partial charge in [0, 0.05) is 22.1 Å². The van der Waals surface area contributed by atoms with Gasteiger partial charge in [-0.1, -0.05) is 46.8 Å². The molecule has 0 aliphatic rings. The third kappa shape index (κ3) is 4.29. The van der Waals surface area contributed by atoms with Crippen molar-refractivity contribution in [2.75, 3.05) is 6.54 Å². The van der Waals surface area contributed by atoms with Crippen molar-refractivity contribution >= 4 is 27.5 Å². The fourth-order valence-corrected chi connectivity index (χ4v) is 2.44. The number of halogens is 2. The second-order valence-electron chi connectivity index (χ2n) is 4.13. The number of nitrogens with one attached hydrogen (secondary N) is 1. The molecule has 2 unspecified atom stereocenters. The zero-order valence-corrected chi connectivity index (χ0v) is 12.8. The average Bonchev–Trinajstić information content (AvgIpc) is 2.37. The molecule has 0 bridgehead atoms. The van der Waals surface area contributed by atoms with Crippen LogP contribution >= 0.6 is 27.5 Å². The lowest BCUT2D eigenvalue weighted by molar-refractivity contribution is 0.475. The maximum atomic E-state index is 6.21. The van der Waals surface area contributed by atoms with E-state index in [-0.39, 0.29) is 12.1 Å². The topological polar surface area (TPSA) is 38.0 Å². The molecule has 0 spiro atoms. The number of rotatable bonds is 6. The standard InChI is InChI=1S/C14H18BrClN2/c1-3-5-11(4-2)18-14(9-17)12-8-10(15)6-7-13(12)16/h2,6-8,11,14,18H,3,5,9,17H2,1H3. The highest BCUT2D eigenvalue weighted by atomic mass is 79.9. The minimum Gasteiger partial charge on any atom is -0.329 e. The SMILES string of the molecule is C#CC(CCC)NC(CN)c1cc(Br)ccc1Cl. The first-order valence-electron chi connectivity index (χ1n) is 5.99. The van der Waals surface area contributed by atoms with Gasteiger partial charge in [0.05, 0.1) is 6.04 Å². The summed E-state index contributed by atoms with van der Waals surface area (Å²) >= 11 is 9.65. The van der Waals surface area contributed by atoms with E-state index < -0.39 is 0 Å². The van der Waals surface area contributed by atoms with E-state index in [9.17, 15) is 0 Å². The summed E-state index contributed by atoms with van der Waals surface area (Å²) in [5.74, 6) is 2.75. The first-order valence-corrected chi connectivity index (χ1v) is 7.16. The van der Waals surface area contributed by atoms with E-state index in [0.717, 1.165) is 22.9 Å². The van der Waals surface area contributed by atoms with E-state index in [1.807, 2.05) is 18.2 Å². The van der Waals surface area contributed by atoms with E-state index in [2.05, 4.69) is 34.1 Å². The molecule has 0 aromatic heterocycles. The van der Waals surface area contributed by atoms with Crippen LogP contribution in [0.3, 0.4) is 0 Å². The second kappa shape index (κ2) is 7.81. The molecule has 1 rings (SSSR count). The van der Waals surface area contributed by atoms with Crippen molar-refractivity contribution < 1.29 is 0 Å². The molecule has 0 aliphatic heterocycles. The molecule has 18 heavy (non-hydrogen) atoms. The molecule has 0 fully saturated rings. The van der Waals surface area contributed by atoms with Crippen molar-refractivity contribution in [3.05, 3.63) is 33.3 Å². The minimum atomic E-state index is -0.0254. The van der Waals surface area contributed by atoms with Crippen LogP contribution in [0.15, 0.2) is 22.7 Å². The minimum absolute atomic E-state index is 0.0254. The van der Waals surface area contributed by atoms with Gasteiger partial charge in [-0.3, -0.25) is 5.32 Å². The van der Waals surface area contributed by atoms with Crippen molar-refractivity contribution in [2.24, 2.45) is 5.73 Å². The highest BCUT2D eigenvalue weighted by Gasteiger charge is 2.16. The fraction of sp³-hybridized carbons (Fsp3) is 0.429. The zero-order chi connectivity index (χ0) is 13.5. The van der Waals surface area contributed by atoms with Crippen molar-refractivity contribution in [2.45, 2.75) is 31.8 Å². The lowest BCUT2D eigenvalue weighted by Gasteiger charge is -2.22. The van der Waals surface area contributed by atoms with E-state index in [0.29, 0.717) is 11.6 Å². The van der Waals surface area contributed by atoms with E-state index in [1.54, 1.807) is 0 Å². The van der Waals surface area contributed by atoms with Crippen LogP contribution < -0.4 is 11.1 Å². The van der Waals surface area contributed by atoms with Crippen LogP contribution in [0.25, 0.3) is 0 Å². The van der Waals surface area contributed by atoms with Crippen LogP contribution in [-0.2, 0) is 0 Å². The summed E-state index contributed by atoms with van der Waals surface area (Å²) in [5, 5.41) is 4.07. The molecule has 0 saturated carbocycles. The van der Waals surface area contributed by atoms with Gasteiger partial charge < -0.3 is 5.73 Å². The third-order valence-electron chi connectivity index (χ3n) is 2.75.